The molecule has 0 atom stereocenters. The van der Waals surface area contributed by atoms with Crippen LogP contribution in [-0.4, -0.2) is 18.1 Å². The van der Waals surface area contributed by atoms with Crippen LogP contribution < -0.4 is 0 Å². The molecule has 1 aromatic rings. The fraction of sp³-hybridized carbons (Fsp3) is 0.333. The molecule has 0 aromatic carbocycles. The third-order valence-electron chi connectivity index (χ3n) is 1.21. The molecule has 3 nitrogen and oxygen atoms in total. The molecule has 0 fully saturated rings. The minimum Gasteiger partial charge on any atom is -0.464 e. The van der Waals surface area contributed by atoms with Crippen molar-refractivity contribution in [2.75, 3.05) is 7.11 Å². The predicted octanol–water partition coefficient (Wildman–Crippen LogP) is 2.71. The summed E-state index contributed by atoms with van der Waals surface area (Å²) in [5.41, 5.74) is -1.11. The second-order valence-electron chi connectivity index (χ2n) is 2.13. The first-order valence-corrected chi connectivity index (χ1v) is 4.79. The number of esters is 1. The third-order valence-corrected chi connectivity index (χ3v) is 2.90. The number of methoxy groups -OCH3 is 1. The fourth-order valence-electron chi connectivity index (χ4n) is 0.651. The summed E-state index contributed by atoms with van der Waals surface area (Å²) in [6.07, 6.45) is -4.57. The second-order valence-corrected chi connectivity index (χ2v) is 4.45. The van der Waals surface area contributed by atoms with Crippen molar-refractivity contribution in [3.05, 3.63) is 14.5 Å². The normalized spacial score (nSPS) is 11.5. The summed E-state index contributed by atoms with van der Waals surface area (Å²) in [4.78, 5) is 14.0. The van der Waals surface area contributed by atoms with E-state index in [2.05, 4.69) is 25.7 Å². The molecule has 0 radical (unpaired) electrons. The number of hydrogen-bond donors (Lipinski definition) is 0. The zero-order chi connectivity index (χ0) is 10.9. The minimum atomic E-state index is -4.57. The van der Waals surface area contributed by atoms with Crippen LogP contribution in [0.4, 0.5) is 13.2 Å². The summed E-state index contributed by atoms with van der Waals surface area (Å²) in [6.45, 7) is 0. The van der Waals surface area contributed by atoms with E-state index < -0.39 is 17.8 Å². The Balaban J connectivity index is 3.12. The molecule has 1 heterocycles. The van der Waals surface area contributed by atoms with Gasteiger partial charge in [0, 0.05) is 0 Å². The van der Waals surface area contributed by atoms with Crippen LogP contribution >= 0.6 is 27.3 Å². The van der Waals surface area contributed by atoms with Gasteiger partial charge in [0.1, 0.15) is 3.79 Å². The van der Waals surface area contributed by atoms with E-state index in [0.717, 1.165) is 7.11 Å². The fourth-order valence-corrected chi connectivity index (χ4v) is 2.16. The first-order valence-electron chi connectivity index (χ1n) is 3.18. The highest BCUT2D eigenvalue weighted by Crippen LogP contribution is 2.37. The lowest BCUT2D eigenvalue weighted by molar-refractivity contribution is -0.141. The van der Waals surface area contributed by atoms with Crippen LogP contribution in [0.3, 0.4) is 0 Å². The van der Waals surface area contributed by atoms with Gasteiger partial charge in [-0.1, -0.05) is 11.3 Å². The van der Waals surface area contributed by atoms with E-state index in [-0.39, 0.29) is 8.79 Å². The monoisotopic (exact) mass is 289 g/mol. The maximum absolute atomic E-state index is 12.2. The average molecular weight is 290 g/mol. The molecule has 0 bridgehead atoms. The van der Waals surface area contributed by atoms with Crippen molar-refractivity contribution in [3.63, 3.8) is 0 Å². The van der Waals surface area contributed by atoms with Crippen molar-refractivity contribution >= 4 is 33.2 Å². The number of halogens is 4. The lowest BCUT2D eigenvalue weighted by atomic mass is 10.5. The van der Waals surface area contributed by atoms with Gasteiger partial charge in [0.05, 0.1) is 7.11 Å². The zero-order valence-electron chi connectivity index (χ0n) is 6.68. The number of carbonyl (C=O) groups excluding carboxylic acids is 1. The molecule has 0 N–H and O–H groups in total. The van der Waals surface area contributed by atoms with Gasteiger partial charge in [0.2, 0.25) is 5.01 Å². The number of rotatable bonds is 1. The molecule has 0 amide bonds. The van der Waals surface area contributed by atoms with Crippen LogP contribution in [0.2, 0.25) is 0 Å². The largest absolute Gasteiger partial charge is 0.464 e. The first-order chi connectivity index (χ1) is 6.36. The van der Waals surface area contributed by atoms with Crippen molar-refractivity contribution in [2.24, 2.45) is 0 Å². The van der Waals surface area contributed by atoms with Crippen LogP contribution in [-0.2, 0) is 10.9 Å². The Labute approximate surface area is 89.0 Å². The molecule has 0 unspecified atom stereocenters. The van der Waals surface area contributed by atoms with E-state index in [4.69, 9.17) is 0 Å². The van der Waals surface area contributed by atoms with Crippen LogP contribution in [0.1, 0.15) is 15.5 Å². The summed E-state index contributed by atoms with van der Waals surface area (Å²) >= 11 is 3.26. The van der Waals surface area contributed by atoms with E-state index >= 15 is 0 Å². The number of carbonyl (C=O) groups is 1. The number of aromatic nitrogens is 1. The van der Waals surface area contributed by atoms with Crippen LogP contribution in [0, 0.1) is 0 Å². The van der Waals surface area contributed by atoms with Gasteiger partial charge in [0.15, 0.2) is 5.69 Å². The summed E-state index contributed by atoms with van der Waals surface area (Å²) < 4.78 is 40.6. The van der Waals surface area contributed by atoms with Crippen molar-refractivity contribution in [1.82, 2.24) is 4.98 Å². The van der Waals surface area contributed by atoms with Crippen molar-refractivity contribution < 1.29 is 22.7 Å². The van der Waals surface area contributed by atoms with Gasteiger partial charge in [0.25, 0.3) is 0 Å². The highest BCUT2D eigenvalue weighted by Gasteiger charge is 2.37. The van der Waals surface area contributed by atoms with Gasteiger partial charge in [-0.05, 0) is 15.9 Å². The molecule has 1 rings (SSSR count). The van der Waals surface area contributed by atoms with Crippen molar-refractivity contribution in [1.29, 1.82) is 0 Å². The van der Waals surface area contributed by atoms with Gasteiger partial charge in [-0.15, -0.1) is 0 Å². The third kappa shape index (κ3) is 2.24. The number of hydrogen-bond acceptors (Lipinski definition) is 4. The maximum atomic E-state index is 12.2. The van der Waals surface area contributed by atoms with E-state index in [1.807, 2.05) is 0 Å². The van der Waals surface area contributed by atoms with Gasteiger partial charge >= 0.3 is 12.1 Å². The molecular weight excluding hydrogens is 287 g/mol. The van der Waals surface area contributed by atoms with E-state index in [0.29, 0.717) is 11.3 Å². The Morgan fingerprint density at radius 1 is 1.57 bits per heavy atom. The Hall–Kier alpha value is -0.630. The van der Waals surface area contributed by atoms with Gasteiger partial charge in [-0.2, -0.15) is 13.2 Å². The van der Waals surface area contributed by atoms with Gasteiger partial charge in [-0.3, -0.25) is 0 Å². The topological polar surface area (TPSA) is 39.2 Å². The van der Waals surface area contributed by atoms with Gasteiger partial charge in [-0.25, -0.2) is 9.78 Å². The maximum Gasteiger partial charge on any atom is 0.435 e. The molecule has 0 saturated heterocycles. The Bertz CT molecular complexity index is 362. The number of nitrogens with zero attached hydrogens (tertiary/aromatic N) is 1. The lowest BCUT2D eigenvalue weighted by Gasteiger charge is -2.01. The molecule has 78 valence electrons. The summed E-state index contributed by atoms with van der Waals surface area (Å²) in [7, 11) is 1.07. The Kier molecular flexibility index (Phi) is 3.15. The standard InChI is InChI=1S/C6H3BrF3NO2S/c1-13-5(12)4-11-2(3(7)14-4)6(8,9)10/h1H3. The average Bonchev–Trinajstić information content (AvgIpc) is 2.45. The molecular formula is C6H3BrF3NO2S. The highest BCUT2D eigenvalue weighted by molar-refractivity contribution is 9.11. The van der Waals surface area contributed by atoms with Gasteiger partial charge < -0.3 is 4.74 Å². The number of ether oxygens (including phenoxy) is 1. The second kappa shape index (κ2) is 3.85. The number of alkyl halides is 3. The summed E-state index contributed by atoms with van der Waals surface area (Å²) in [5.74, 6) is -0.883. The quantitative estimate of drug-likeness (QED) is 0.746. The molecule has 0 aliphatic carbocycles. The molecule has 0 aliphatic heterocycles. The molecule has 14 heavy (non-hydrogen) atoms. The van der Waals surface area contributed by atoms with E-state index in [1.165, 1.54) is 0 Å². The predicted molar refractivity (Wildman–Crippen MR) is 46.2 cm³/mol. The van der Waals surface area contributed by atoms with E-state index in [1.54, 1.807) is 0 Å². The highest BCUT2D eigenvalue weighted by atomic mass is 79.9. The Morgan fingerprint density at radius 3 is 2.50 bits per heavy atom. The van der Waals surface area contributed by atoms with Crippen LogP contribution in [0.5, 0.6) is 0 Å². The van der Waals surface area contributed by atoms with Crippen LogP contribution in [0.15, 0.2) is 3.79 Å². The van der Waals surface area contributed by atoms with E-state index in [9.17, 15) is 18.0 Å². The molecule has 0 saturated carbocycles. The molecule has 0 aliphatic rings. The Morgan fingerprint density at radius 2 is 2.14 bits per heavy atom. The SMILES string of the molecule is COC(=O)c1nc(C(F)(F)F)c(Br)s1. The lowest BCUT2D eigenvalue weighted by Crippen LogP contribution is -2.08. The zero-order valence-corrected chi connectivity index (χ0v) is 9.09. The first kappa shape index (κ1) is 11.4. The molecule has 0 spiro atoms. The minimum absolute atomic E-state index is 0.231. The van der Waals surface area contributed by atoms with Crippen molar-refractivity contribution in [3.8, 4) is 0 Å². The smallest absolute Gasteiger partial charge is 0.435 e. The van der Waals surface area contributed by atoms with Crippen molar-refractivity contribution in [2.45, 2.75) is 6.18 Å². The molecule has 1 aromatic heterocycles. The summed E-state index contributed by atoms with van der Waals surface area (Å²) in [6, 6.07) is 0. The summed E-state index contributed by atoms with van der Waals surface area (Å²) in [5, 5.41) is -0.327. The van der Waals surface area contributed by atoms with Crippen LogP contribution in [0.25, 0.3) is 0 Å². The number of thiazole rings is 1. The molecule has 8 heteroatoms.